The Morgan fingerprint density at radius 3 is 2.72 bits per heavy atom. The third-order valence-corrected chi connectivity index (χ3v) is 4.58. The van der Waals surface area contributed by atoms with Gasteiger partial charge < -0.3 is 9.64 Å². The number of rotatable bonds is 5. The predicted molar refractivity (Wildman–Crippen MR) is 96.9 cm³/mol. The summed E-state index contributed by atoms with van der Waals surface area (Å²) in [7, 11) is 0. The van der Waals surface area contributed by atoms with E-state index < -0.39 is 0 Å². The van der Waals surface area contributed by atoms with Gasteiger partial charge in [0.2, 0.25) is 0 Å². The van der Waals surface area contributed by atoms with Gasteiger partial charge in [0.15, 0.2) is 0 Å². The van der Waals surface area contributed by atoms with Crippen molar-refractivity contribution in [3.8, 4) is 5.75 Å². The number of amides is 1. The molecule has 5 nitrogen and oxygen atoms in total. The van der Waals surface area contributed by atoms with E-state index >= 15 is 0 Å². The van der Waals surface area contributed by atoms with E-state index in [0.29, 0.717) is 23.8 Å². The highest BCUT2D eigenvalue weighted by molar-refractivity contribution is 5.97. The Bertz CT molecular complexity index is 724. The summed E-state index contributed by atoms with van der Waals surface area (Å²) in [6.45, 7) is 6.09. The second-order valence-electron chi connectivity index (χ2n) is 6.44. The SMILES string of the molecule is CCCOc1ccccc1C(=O)N1CCC(c2ccnc(C)n2)CC1. The van der Waals surface area contributed by atoms with Gasteiger partial charge in [-0.25, -0.2) is 9.97 Å². The first-order valence-electron chi connectivity index (χ1n) is 8.99. The summed E-state index contributed by atoms with van der Waals surface area (Å²) in [5.41, 5.74) is 1.75. The van der Waals surface area contributed by atoms with E-state index in [2.05, 4.69) is 16.9 Å². The van der Waals surface area contributed by atoms with Crippen molar-refractivity contribution in [1.29, 1.82) is 0 Å². The zero-order valence-electron chi connectivity index (χ0n) is 14.9. The number of para-hydroxylation sites is 1. The maximum absolute atomic E-state index is 12.9. The largest absolute Gasteiger partial charge is 0.493 e. The molecule has 0 spiro atoms. The molecule has 0 atom stereocenters. The van der Waals surface area contributed by atoms with Gasteiger partial charge >= 0.3 is 0 Å². The molecule has 0 radical (unpaired) electrons. The number of piperidine rings is 1. The van der Waals surface area contributed by atoms with Crippen LogP contribution in [0.2, 0.25) is 0 Å². The molecule has 132 valence electrons. The monoisotopic (exact) mass is 339 g/mol. The van der Waals surface area contributed by atoms with E-state index in [-0.39, 0.29) is 5.91 Å². The smallest absolute Gasteiger partial charge is 0.257 e. The van der Waals surface area contributed by atoms with Gasteiger partial charge in [-0.2, -0.15) is 0 Å². The molecule has 0 bridgehead atoms. The van der Waals surface area contributed by atoms with Crippen molar-refractivity contribution >= 4 is 5.91 Å². The van der Waals surface area contributed by atoms with Crippen molar-refractivity contribution < 1.29 is 9.53 Å². The van der Waals surface area contributed by atoms with Gasteiger partial charge in [0.25, 0.3) is 5.91 Å². The molecule has 1 aromatic carbocycles. The molecule has 1 aliphatic heterocycles. The Morgan fingerprint density at radius 2 is 2.00 bits per heavy atom. The summed E-state index contributed by atoms with van der Waals surface area (Å²) < 4.78 is 5.74. The molecule has 25 heavy (non-hydrogen) atoms. The van der Waals surface area contributed by atoms with Crippen molar-refractivity contribution in [2.24, 2.45) is 0 Å². The van der Waals surface area contributed by atoms with Crippen LogP contribution in [0.4, 0.5) is 0 Å². The van der Waals surface area contributed by atoms with E-state index in [1.54, 1.807) is 0 Å². The highest BCUT2D eigenvalue weighted by Gasteiger charge is 2.26. The number of hydrogen-bond donors (Lipinski definition) is 0. The predicted octanol–water partition coefficient (Wildman–Crippen LogP) is 3.59. The number of benzene rings is 1. The first-order chi connectivity index (χ1) is 12.2. The van der Waals surface area contributed by atoms with Crippen LogP contribution in [0.3, 0.4) is 0 Å². The van der Waals surface area contributed by atoms with Gasteiger partial charge in [0.1, 0.15) is 11.6 Å². The molecule has 1 aliphatic rings. The van der Waals surface area contributed by atoms with Crippen molar-refractivity contribution in [2.45, 2.75) is 39.0 Å². The van der Waals surface area contributed by atoms with E-state index in [4.69, 9.17) is 4.74 Å². The second-order valence-corrected chi connectivity index (χ2v) is 6.44. The van der Waals surface area contributed by atoms with Crippen LogP contribution in [0.25, 0.3) is 0 Å². The molecular formula is C20H25N3O2. The lowest BCUT2D eigenvalue weighted by Crippen LogP contribution is -2.38. The topological polar surface area (TPSA) is 55.3 Å². The summed E-state index contributed by atoms with van der Waals surface area (Å²) >= 11 is 0. The van der Waals surface area contributed by atoms with Gasteiger partial charge in [-0.1, -0.05) is 19.1 Å². The minimum absolute atomic E-state index is 0.0593. The van der Waals surface area contributed by atoms with E-state index in [1.165, 1.54) is 0 Å². The normalized spacial score (nSPS) is 15.2. The third-order valence-electron chi connectivity index (χ3n) is 4.58. The number of nitrogens with zero attached hydrogens (tertiary/aromatic N) is 3. The second kappa shape index (κ2) is 8.10. The maximum atomic E-state index is 12.9. The van der Waals surface area contributed by atoms with Gasteiger partial charge in [-0.3, -0.25) is 4.79 Å². The Hall–Kier alpha value is -2.43. The summed E-state index contributed by atoms with van der Waals surface area (Å²) in [5, 5.41) is 0. The molecule has 0 N–H and O–H groups in total. The highest BCUT2D eigenvalue weighted by atomic mass is 16.5. The molecular weight excluding hydrogens is 314 g/mol. The fraction of sp³-hybridized carbons (Fsp3) is 0.450. The minimum atomic E-state index is 0.0593. The fourth-order valence-corrected chi connectivity index (χ4v) is 3.23. The summed E-state index contributed by atoms with van der Waals surface area (Å²) in [6, 6.07) is 9.52. The lowest BCUT2D eigenvalue weighted by molar-refractivity contribution is 0.0707. The number of carbonyl (C=O) groups is 1. The Kier molecular flexibility index (Phi) is 5.64. The lowest BCUT2D eigenvalue weighted by Gasteiger charge is -2.32. The van der Waals surface area contributed by atoms with Crippen LogP contribution in [0.5, 0.6) is 5.75 Å². The average Bonchev–Trinajstić information content (AvgIpc) is 2.66. The molecule has 2 heterocycles. The third kappa shape index (κ3) is 4.16. The Balaban J connectivity index is 1.66. The van der Waals surface area contributed by atoms with Crippen molar-refractivity contribution in [3.05, 3.63) is 53.6 Å². The molecule has 1 amide bonds. The van der Waals surface area contributed by atoms with Crippen LogP contribution in [0.15, 0.2) is 36.5 Å². The molecule has 1 aromatic heterocycles. The Morgan fingerprint density at radius 1 is 1.24 bits per heavy atom. The van der Waals surface area contributed by atoms with Gasteiger partial charge in [0, 0.05) is 30.9 Å². The van der Waals surface area contributed by atoms with E-state index in [0.717, 1.165) is 43.9 Å². The van der Waals surface area contributed by atoms with Crippen molar-refractivity contribution in [2.75, 3.05) is 19.7 Å². The zero-order valence-corrected chi connectivity index (χ0v) is 14.9. The van der Waals surface area contributed by atoms with Gasteiger partial charge in [-0.05, 0) is 44.4 Å². The van der Waals surface area contributed by atoms with Crippen molar-refractivity contribution in [1.82, 2.24) is 14.9 Å². The first-order valence-corrected chi connectivity index (χ1v) is 8.99. The van der Waals surface area contributed by atoms with Crippen LogP contribution in [-0.2, 0) is 0 Å². The summed E-state index contributed by atoms with van der Waals surface area (Å²) in [4.78, 5) is 23.5. The standard InChI is InChI=1S/C20H25N3O2/c1-3-14-25-19-7-5-4-6-17(19)20(24)23-12-9-16(10-13-23)18-8-11-21-15(2)22-18/h4-8,11,16H,3,9-10,12-14H2,1-2H3. The zero-order chi connectivity index (χ0) is 17.6. The minimum Gasteiger partial charge on any atom is -0.493 e. The number of ether oxygens (including phenoxy) is 1. The van der Waals surface area contributed by atoms with Gasteiger partial charge in [-0.15, -0.1) is 0 Å². The number of carbonyl (C=O) groups excluding carboxylic acids is 1. The first kappa shape index (κ1) is 17.4. The molecule has 2 aromatic rings. The van der Waals surface area contributed by atoms with E-state index in [1.807, 2.05) is 48.4 Å². The van der Waals surface area contributed by atoms with E-state index in [9.17, 15) is 4.79 Å². The van der Waals surface area contributed by atoms with Gasteiger partial charge in [0.05, 0.1) is 12.2 Å². The molecule has 0 saturated carbocycles. The van der Waals surface area contributed by atoms with Crippen LogP contribution < -0.4 is 4.74 Å². The molecule has 1 saturated heterocycles. The number of likely N-dealkylation sites (tertiary alicyclic amines) is 1. The maximum Gasteiger partial charge on any atom is 0.257 e. The van der Waals surface area contributed by atoms with Crippen LogP contribution in [-0.4, -0.2) is 40.5 Å². The highest BCUT2D eigenvalue weighted by Crippen LogP contribution is 2.28. The molecule has 0 aliphatic carbocycles. The van der Waals surface area contributed by atoms with Crippen LogP contribution in [0, 0.1) is 6.92 Å². The number of hydrogen-bond acceptors (Lipinski definition) is 4. The number of aryl methyl sites for hydroxylation is 1. The average molecular weight is 339 g/mol. The quantitative estimate of drug-likeness (QED) is 0.835. The van der Waals surface area contributed by atoms with Crippen LogP contribution >= 0.6 is 0 Å². The molecule has 5 heteroatoms. The summed E-state index contributed by atoms with van der Waals surface area (Å²) in [6.07, 6.45) is 4.60. The van der Waals surface area contributed by atoms with Crippen LogP contribution in [0.1, 0.15) is 54.0 Å². The molecule has 3 rings (SSSR count). The number of aromatic nitrogens is 2. The lowest BCUT2D eigenvalue weighted by atomic mass is 9.93. The van der Waals surface area contributed by atoms with Crippen molar-refractivity contribution in [3.63, 3.8) is 0 Å². The fourth-order valence-electron chi connectivity index (χ4n) is 3.23. The molecule has 0 unspecified atom stereocenters. The Labute approximate surface area is 149 Å². The molecule has 1 fully saturated rings. The summed E-state index contributed by atoms with van der Waals surface area (Å²) in [5.74, 6) is 1.95.